The molecule has 0 aliphatic carbocycles. The average Bonchev–Trinajstić information content (AvgIpc) is 2.68. The van der Waals surface area contributed by atoms with E-state index >= 15 is 0 Å². The summed E-state index contributed by atoms with van der Waals surface area (Å²) in [6, 6.07) is 12.1. The number of unbranched alkanes of at least 4 members (excludes halogenated alkanes) is 1. The fraction of sp³-hybridized carbons (Fsp3) is 0.333. The molecular weight excluding hydrogens is 366 g/mol. The topological polar surface area (TPSA) is 64.6 Å². The number of nitrogens with one attached hydrogen (secondary N) is 1. The lowest BCUT2D eigenvalue weighted by molar-refractivity contribution is 0.0499. The third-order valence-corrected chi connectivity index (χ3v) is 4.26. The Morgan fingerprint density at radius 1 is 1.11 bits per heavy atom. The molecule has 27 heavy (non-hydrogen) atoms. The van der Waals surface area contributed by atoms with E-state index in [-0.39, 0.29) is 11.9 Å². The SMILES string of the molecule is CCCCOC(=O)c1ccc(CCNC(=O)c2cc(Cl)ccc2OC)cc1. The Labute approximate surface area is 164 Å². The standard InChI is InChI=1S/C21H24ClNO4/c1-3-4-13-27-21(25)16-7-5-15(6-8-16)11-12-23-20(24)18-14-17(22)9-10-19(18)26-2/h5-10,14H,3-4,11-13H2,1-2H3,(H,23,24). The molecule has 2 aromatic carbocycles. The van der Waals surface area contributed by atoms with Gasteiger partial charge < -0.3 is 14.8 Å². The predicted molar refractivity (Wildman–Crippen MR) is 106 cm³/mol. The summed E-state index contributed by atoms with van der Waals surface area (Å²) in [4.78, 5) is 24.2. The fourth-order valence-corrected chi connectivity index (χ4v) is 2.65. The summed E-state index contributed by atoms with van der Waals surface area (Å²) in [7, 11) is 1.51. The molecule has 0 aromatic heterocycles. The molecule has 1 amide bonds. The van der Waals surface area contributed by atoms with E-state index in [1.54, 1.807) is 30.3 Å². The Morgan fingerprint density at radius 3 is 2.52 bits per heavy atom. The van der Waals surface area contributed by atoms with E-state index < -0.39 is 0 Å². The molecule has 0 unspecified atom stereocenters. The summed E-state index contributed by atoms with van der Waals surface area (Å²) in [5.74, 6) is -0.0790. The number of rotatable bonds is 9. The molecule has 0 saturated heterocycles. The molecule has 0 saturated carbocycles. The lowest BCUT2D eigenvalue weighted by Gasteiger charge is -2.10. The van der Waals surface area contributed by atoms with Crippen molar-refractivity contribution in [1.29, 1.82) is 0 Å². The van der Waals surface area contributed by atoms with Crippen LogP contribution < -0.4 is 10.1 Å². The van der Waals surface area contributed by atoms with Crippen LogP contribution >= 0.6 is 11.6 Å². The number of methoxy groups -OCH3 is 1. The van der Waals surface area contributed by atoms with Crippen LogP contribution in [0.3, 0.4) is 0 Å². The van der Waals surface area contributed by atoms with Gasteiger partial charge in [-0.2, -0.15) is 0 Å². The van der Waals surface area contributed by atoms with Crippen LogP contribution in [-0.4, -0.2) is 32.1 Å². The number of ether oxygens (including phenoxy) is 2. The van der Waals surface area contributed by atoms with Gasteiger partial charge in [-0.05, 0) is 48.7 Å². The van der Waals surface area contributed by atoms with Crippen molar-refractivity contribution in [2.24, 2.45) is 0 Å². The van der Waals surface area contributed by atoms with Gasteiger partial charge in [0.15, 0.2) is 0 Å². The number of esters is 1. The van der Waals surface area contributed by atoms with Crippen molar-refractivity contribution in [3.05, 3.63) is 64.2 Å². The van der Waals surface area contributed by atoms with Gasteiger partial charge in [-0.3, -0.25) is 4.79 Å². The molecule has 0 aliphatic heterocycles. The predicted octanol–water partition coefficient (Wildman–Crippen LogP) is 4.28. The molecule has 0 radical (unpaired) electrons. The van der Waals surface area contributed by atoms with E-state index in [4.69, 9.17) is 21.1 Å². The highest BCUT2D eigenvalue weighted by molar-refractivity contribution is 6.31. The molecule has 0 heterocycles. The highest BCUT2D eigenvalue weighted by Crippen LogP contribution is 2.22. The number of carbonyl (C=O) groups excluding carboxylic acids is 2. The van der Waals surface area contributed by atoms with Crippen molar-refractivity contribution < 1.29 is 19.1 Å². The Balaban J connectivity index is 1.86. The monoisotopic (exact) mass is 389 g/mol. The van der Waals surface area contributed by atoms with Crippen LogP contribution in [0.15, 0.2) is 42.5 Å². The fourth-order valence-electron chi connectivity index (χ4n) is 2.47. The first-order valence-electron chi connectivity index (χ1n) is 8.93. The maximum atomic E-state index is 12.3. The number of hydrogen-bond acceptors (Lipinski definition) is 4. The first kappa shape index (κ1) is 20.8. The second kappa shape index (κ2) is 10.6. The van der Waals surface area contributed by atoms with Crippen molar-refractivity contribution >= 4 is 23.5 Å². The van der Waals surface area contributed by atoms with Gasteiger partial charge in [0.1, 0.15) is 5.75 Å². The number of amides is 1. The Bertz CT molecular complexity index is 774. The van der Waals surface area contributed by atoms with Gasteiger partial charge in [0.05, 0.1) is 24.8 Å². The minimum Gasteiger partial charge on any atom is -0.496 e. The van der Waals surface area contributed by atoms with Crippen molar-refractivity contribution in [3.63, 3.8) is 0 Å². The molecule has 6 heteroatoms. The lowest BCUT2D eigenvalue weighted by Crippen LogP contribution is -2.26. The summed E-state index contributed by atoms with van der Waals surface area (Å²) in [5, 5.41) is 3.33. The third-order valence-electron chi connectivity index (χ3n) is 4.03. The molecule has 0 atom stereocenters. The molecule has 144 valence electrons. The van der Waals surface area contributed by atoms with Crippen LogP contribution in [0.25, 0.3) is 0 Å². The second-order valence-electron chi connectivity index (χ2n) is 6.04. The zero-order chi connectivity index (χ0) is 19.6. The number of hydrogen-bond donors (Lipinski definition) is 1. The van der Waals surface area contributed by atoms with E-state index in [1.165, 1.54) is 7.11 Å². The van der Waals surface area contributed by atoms with Gasteiger partial charge in [0, 0.05) is 11.6 Å². The first-order chi connectivity index (χ1) is 13.0. The smallest absolute Gasteiger partial charge is 0.338 e. The third kappa shape index (κ3) is 6.29. The largest absolute Gasteiger partial charge is 0.496 e. The zero-order valence-electron chi connectivity index (χ0n) is 15.6. The van der Waals surface area contributed by atoms with Gasteiger partial charge >= 0.3 is 5.97 Å². The van der Waals surface area contributed by atoms with Crippen LogP contribution in [-0.2, 0) is 11.2 Å². The molecular formula is C21H24ClNO4. The second-order valence-corrected chi connectivity index (χ2v) is 6.47. The van der Waals surface area contributed by atoms with Crippen LogP contribution in [0.5, 0.6) is 5.75 Å². The molecule has 5 nitrogen and oxygen atoms in total. The highest BCUT2D eigenvalue weighted by Gasteiger charge is 2.12. The van der Waals surface area contributed by atoms with Crippen LogP contribution in [0, 0.1) is 0 Å². The molecule has 0 spiro atoms. The van der Waals surface area contributed by atoms with E-state index in [1.807, 2.05) is 19.1 Å². The molecule has 2 rings (SSSR count). The maximum absolute atomic E-state index is 12.3. The van der Waals surface area contributed by atoms with Gasteiger partial charge in [-0.1, -0.05) is 37.1 Å². The number of carbonyl (C=O) groups is 2. The Kier molecular flexibility index (Phi) is 8.14. The summed E-state index contributed by atoms with van der Waals surface area (Å²) < 4.78 is 10.4. The number of benzene rings is 2. The minimum absolute atomic E-state index is 0.245. The Hall–Kier alpha value is -2.53. The van der Waals surface area contributed by atoms with Gasteiger partial charge in [0.25, 0.3) is 5.91 Å². The maximum Gasteiger partial charge on any atom is 0.338 e. The van der Waals surface area contributed by atoms with Crippen molar-refractivity contribution in [1.82, 2.24) is 5.32 Å². The van der Waals surface area contributed by atoms with E-state index in [0.29, 0.717) is 41.5 Å². The first-order valence-corrected chi connectivity index (χ1v) is 9.30. The van der Waals surface area contributed by atoms with Crippen molar-refractivity contribution in [3.8, 4) is 5.75 Å². The summed E-state index contributed by atoms with van der Waals surface area (Å²) in [6.45, 7) is 2.94. The van der Waals surface area contributed by atoms with Crippen molar-refractivity contribution in [2.45, 2.75) is 26.2 Å². The highest BCUT2D eigenvalue weighted by atomic mass is 35.5. The lowest BCUT2D eigenvalue weighted by atomic mass is 10.1. The molecule has 0 fully saturated rings. The summed E-state index contributed by atoms with van der Waals surface area (Å²) in [5.41, 5.74) is 1.94. The minimum atomic E-state index is -0.309. The Morgan fingerprint density at radius 2 is 1.85 bits per heavy atom. The number of halogens is 1. The van der Waals surface area contributed by atoms with Gasteiger partial charge in [-0.25, -0.2) is 4.79 Å². The van der Waals surface area contributed by atoms with E-state index in [0.717, 1.165) is 18.4 Å². The molecule has 0 aliphatic rings. The van der Waals surface area contributed by atoms with Crippen molar-refractivity contribution in [2.75, 3.05) is 20.3 Å². The normalized spacial score (nSPS) is 10.3. The van der Waals surface area contributed by atoms with Crippen LogP contribution in [0.1, 0.15) is 46.0 Å². The van der Waals surface area contributed by atoms with Crippen LogP contribution in [0.4, 0.5) is 0 Å². The molecule has 1 N–H and O–H groups in total. The van der Waals surface area contributed by atoms with E-state index in [9.17, 15) is 9.59 Å². The summed E-state index contributed by atoms with van der Waals surface area (Å²) in [6.07, 6.45) is 2.49. The molecule has 0 bridgehead atoms. The summed E-state index contributed by atoms with van der Waals surface area (Å²) >= 11 is 5.95. The van der Waals surface area contributed by atoms with Gasteiger partial charge in [-0.15, -0.1) is 0 Å². The van der Waals surface area contributed by atoms with Gasteiger partial charge in [0.2, 0.25) is 0 Å². The quantitative estimate of drug-likeness (QED) is 0.513. The van der Waals surface area contributed by atoms with Crippen LogP contribution in [0.2, 0.25) is 5.02 Å². The molecule has 2 aromatic rings. The zero-order valence-corrected chi connectivity index (χ0v) is 16.3. The van der Waals surface area contributed by atoms with E-state index in [2.05, 4.69) is 5.32 Å². The average molecular weight is 390 g/mol.